The number of pyridine rings is 1. The number of alkyl halides is 1. The molecule has 2 aromatic rings. The lowest BCUT2D eigenvalue weighted by molar-refractivity contribution is 0.476. The maximum Gasteiger partial charge on any atom is 0.117 e. The van der Waals surface area contributed by atoms with Crippen LogP contribution in [0.15, 0.2) is 42.5 Å². The molecule has 0 bridgehead atoms. The van der Waals surface area contributed by atoms with Crippen LogP contribution in [-0.2, 0) is 6.42 Å². The summed E-state index contributed by atoms with van der Waals surface area (Å²) >= 11 is 5.55. The van der Waals surface area contributed by atoms with Gasteiger partial charge < -0.3 is 5.11 Å². The van der Waals surface area contributed by atoms with E-state index in [1.807, 2.05) is 24.3 Å². The Hall–Kier alpha value is -1.54. The molecular formula is C14H14ClNO. The molecule has 1 heterocycles. The van der Waals surface area contributed by atoms with Crippen LogP contribution in [0.25, 0.3) is 10.9 Å². The minimum Gasteiger partial charge on any atom is -0.508 e. The molecule has 0 fully saturated rings. The lowest BCUT2D eigenvalue weighted by Gasteiger charge is -2.02. The van der Waals surface area contributed by atoms with Crippen LogP contribution in [0, 0.1) is 0 Å². The molecule has 0 atom stereocenters. The minimum atomic E-state index is 0.254. The SMILES string of the molecule is Oc1ccc2ccc(CC/C=C/CCl)nc2c1. The van der Waals surface area contributed by atoms with Crippen molar-refractivity contribution in [1.29, 1.82) is 0 Å². The molecule has 2 nitrogen and oxygen atoms in total. The standard InChI is InChI=1S/C14H14ClNO/c15-9-3-1-2-4-12-7-5-11-6-8-13(17)10-14(11)16-12/h1,3,5-8,10,17H,2,4,9H2/b3-1+. The molecule has 0 unspecified atom stereocenters. The van der Waals surface area contributed by atoms with E-state index in [2.05, 4.69) is 11.1 Å². The number of benzene rings is 1. The number of phenols is 1. The van der Waals surface area contributed by atoms with Gasteiger partial charge in [0.15, 0.2) is 0 Å². The van der Waals surface area contributed by atoms with Crippen LogP contribution in [0.4, 0.5) is 0 Å². The molecule has 1 aromatic carbocycles. The zero-order chi connectivity index (χ0) is 12.1. The van der Waals surface area contributed by atoms with Crippen LogP contribution in [-0.4, -0.2) is 16.0 Å². The fraction of sp³-hybridized carbons (Fsp3) is 0.214. The Morgan fingerprint density at radius 3 is 2.82 bits per heavy atom. The van der Waals surface area contributed by atoms with Crippen LogP contribution in [0.3, 0.4) is 0 Å². The first kappa shape index (κ1) is 11.9. The average molecular weight is 248 g/mol. The first-order valence-electron chi connectivity index (χ1n) is 5.59. The lowest BCUT2D eigenvalue weighted by atomic mass is 10.1. The van der Waals surface area contributed by atoms with Gasteiger partial charge in [-0.1, -0.05) is 18.2 Å². The highest BCUT2D eigenvalue weighted by molar-refractivity contribution is 6.18. The third kappa shape index (κ3) is 3.21. The fourth-order valence-corrected chi connectivity index (χ4v) is 1.83. The number of rotatable bonds is 4. The van der Waals surface area contributed by atoms with Crippen LogP contribution in [0.5, 0.6) is 5.75 Å². The van der Waals surface area contributed by atoms with Crippen molar-refractivity contribution in [2.24, 2.45) is 0 Å². The van der Waals surface area contributed by atoms with E-state index < -0.39 is 0 Å². The number of phenolic OH excluding ortho intramolecular Hbond substituents is 1. The largest absolute Gasteiger partial charge is 0.508 e. The van der Waals surface area contributed by atoms with E-state index in [0.29, 0.717) is 5.88 Å². The second kappa shape index (κ2) is 5.69. The number of hydrogen-bond acceptors (Lipinski definition) is 2. The van der Waals surface area contributed by atoms with Gasteiger partial charge >= 0.3 is 0 Å². The number of halogens is 1. The highest BCUT2D eigenvalue weighted by atomic mass is 35.5. The van der Waals surface area contributed by atoms with Gasteiger partial charge in [-0.25, -0.2) is 0 Å². The monoisotopic (exact) mass is 247 g/mol. The normalized spacial score (nSPS) is 11.4. The summed E-state index contributed by atoms with van der Waals surface area (Å²) in [5, 5.41) is 10.4. The summed E-state index contributed by atoms with van der Waals surface area (Å²) < 4.78 is 0. The van der Waals surface area contributed by atoms with Crippen molar-refractivity contribution < 1.29 is 5.11 Å². The van der Waals surface area contributed by atoms with Crippen molar-refractivity contribution >= 4 is 22.5 Å². The quantitative estimate of drug-likeness (QED) is 0.661. The number of aryl methyl sites for hydroxylation is 1. The zero-order valence-electron chi connectivity index (χ0n) is 9.44. The van der Waals surface area contributed by atoms with Crippen LogP contribution in [0.1, 0.15) is 12.1 Å². The molecule has 0 spiro atoms. The summed E-state index contributed by atoms with van der Waals surface area (Å²) in [6.07, 6.45) is 5.82. The summed E-state index contributed by atoms with van der Waals surface area (Å²) in [6, 6.07) is 9.28. The van der Waals surface area contributed by atoms with Gasteiger partial charge in [0, 0.05) is 23.0 Å². The average Bonchev–Trinajstić information content (AvgIpc) is 2.34. The summed E-state index contributed by atoms with van der Waals surface area (Å²) in [5.74, 6) is 0.808. The first-order chi connectivity index (χ1) is 8.29. The Kier molecular flexibility index (Phi) is 3.99. The molecule has 0 aliphatic rings. The smallest absolute Gasteiger partial charge is 0.117 e. The zero-order valence-corrected chi connectivity index (χ0v) is 10.2. The summed E-state index contributed by atoms with van der Waals surface area (Å²) in [7, 11) is 0. The molecule has 1 N–H and O–H groups in total. The van der Waals surface area contributed by atoms with E-state index in [4.69, 9.17) is 11.6 Å². The molecule has 3 heteroatoms. The molecule has 0 saturated heterocycles. The van der Waals surface area contributed by atoms with Gasteiger partial charge in [0.2, 0.25) is 0 Å². The summed E-state index contributed by atoms with van der Waals surface area (Å²) in [4.78, 5) is 4.51. The maximum atomic E-state index is 9.40. The Labute approximate surface area is 106 Å². The van der Waals surface area contributed by atoms with Gasteiger partial charge in [0.05, 0.1) is 5.52 Å². The van der Waals surface area contributed by atoms with Crippen molar-refractivity contribution in [1.82, 2.24) is 4.98 Å². The summed E-state index contributed by atoms with van der Waals surface area (Å²) in [5.41, 5.74) is 1.87. The van der Waals surface area contributed by atoms with Crippen LogP contribution in [0.2, 0.25) is 0 Å². The molecule has 0 aliphatic heterocycles. The number of allylic oxidation sites excluding steroid dienone is 2. The second-order valence-electron chi connectivity index (χ2n) is 3.84. The van der Waals surface area contributed by atoms with Gasteiger partial charge in [-0.3, -0.25) is 4.98 Å². The van der Waals surface area contributed by atoms with Crippen molar-refractivity contribution in [3.63, 3.8) is 0 Å². The van der Waals surface area contributed by atoms with Crippen molar-refractivity contribution in [3.05, 3.63) is 48.2 Å². The molecule has 0 aliphatic carbocycles. The topological polar surface area (TPSA) is 33.1 Å². The number of hydrogen-bond donors (Lipinski definition) is 1. The molecule has 88 valence electrons. The highest BCUT2D eigenvalue weighted by Gasteiger charge is 1.99. The Bertz CT molecular complexity index is 537. The van der Waals surface area contributed by atoms with E-state index in [-0.39, 0.29) is 5.75 Å². The minimum absolute atomic E-state index is 0.254. The van der Waals surface area contributed by atoms with Gasteiger partial charge in [-0.2, -0.15) is 0 Å². The molecule has 1 aromatic heterocycles. The Morgan fingerprint density at radius 2 is 2.00 bits per heavy atom. The van der Waals surface area contributed by atoms with E-state index in [1.165, 1.54) is 0 Å². The lowest BCUT2D eigenvalue weighted by Crippen LogP contribution is -1.89. The molecule has 0 radical (unpaired) electrons. The maximum absolute atomic E-state index is 9.40. The van der Waals surface area contributed by atoms with E-state index >= 15 is 0 Å². The van der Waals surface area contributed by atoms with Crippen molar-refractivity contribution in [2.45, 2.75) is 12.8 Å². The number of aromatic nitrogens is 1. The van der Waals surface area contributed by atoms with E-state index in [0.717, 1.165) is 29.4 Å². The summed E-state index contributed by atoms with van der Waals surface area (Å²) in [6.45, 7) is 0. The van der Waals surface area contributed by atoms with Crippen LogP contribution < -0.4 is 0 Å². The Balaban J connectivity index is 2.16. The number of nitrogens with zero attached hydrogens (tertiary/aromatic N) is 1. The van der Waals surface area contributed by atoms with Crippen molar-refractivity contribution in [3.8, 4) is 5.75 Å². The molecule has 0 saturated carbocycles. The molecule has 0 amide bonds. The van der Waals surface area contributed by atoms with Gasteiger partial charge in [-0.15, -0.1) is 11.6 Å². The first-order valence-corrected chi connectivity index (χ1v) is 6.12. The highest BCUT2D eigenvalue weighted by Crippen LogP contribution is 2.18. The number of fused-ring (bicyclic) bond motifs is 1. The van der Waals surface area contributed by atoms with Gasteiger partial charge in [0.25, 0.3) is 0 Å². The fourth-order valence-electron chi connectivity index (χ4n) is 1.70. The second-order valence-corrected chi connectivity index (χ2v) is 4.15. The van der Waals surface area contributed by atoms with Gasteiger partial charge in [0.1, 0.15) is 5.75 Å². The van der Waals surface area contributed by atoms with E-state index in [9.17, 15) is 5.11 Å². The van der Waals surface area contributed by atoms with E-state index in [1.54, 1.807) is 12.1 Å². The van der Waals surface area contributed by atoms with Gasteiger partial charge in [-0.05, 0) is 31.0 Å². The predicted molar refractivity (Wildman–Crippen MR) is 71.6 cm³/mol. The van der Waals surface area contributed by atoms with Crippen LogP contribution >= 0.6 is 11.6 Å². The molecule has 17 heavy (non-hydrogen) atoms. The molecule has 2 rings (SSSR count). The Morgan fingerprint density at radius 1 is 1.18 bits per heavy atom. The third-order valence-corrected chi connectivity index (χ3v) is 2.73. The van der Waals surface area contributed by atoms with Crippen molar-refractivity contribution in [2.75, 3.05) is 5.88 Å². The molecular weight excluding hydrogens is 234 g/mol. The predicted octanol–water partition coefficient (Wildman–Crippen LogP) is 3.67. The number of aromatic hydroxyl groups is 1. The third-order valence-electron chi connectivity index (χ3n) is 2.56.